The average Bonchev–Trinajstić information content (AvgIpc) is 2.14. The zero-order chi connectivity index (χ0) is 10.6. The fourth-order valence-electron chi connectivity index (χ4n) is 1.03. The van der Waals surface area contributed by atoms with Crippen LogP contribution in [-0.2, 0) is 0 Å². The molecule has 0 bridgehead atoms. The summed E-state index contributed by atoms with van der Waals surface area (Å²) in [6.45, 7) is 2.60. The Labute approximate surface area is 81.3 Å². The van der Waals surface area contributed by atoms with Gasteiger partial charge in [0.25, 0.3) is 0 Å². The molecule has 0 atom stereocenters. The van der Waals surface area contributed by atoms with Gasteiger partial charge >= 0.3 is 5.69 Å². The Kier molecular flexibility index (Phi) is 3.22. The van der Waals surface area contributed by atoms with Crippen molar-refractivity contribution in [2.75, 3.05) is 17.6 Å². The zero-order valence-corrected chi connectivity index (χ0v) is 7.86. The van der Waals surface area contributed by atoms with E-state index in [4.69, 9.17) is 5.73 Å². The van der Waals surface area contributed by atoms with Crippen molar-refractivity contribution in [1.82, 2.24) is 4.98 Å². The van der Waals surface area contributed by atoms with E-state index in [1.807, 2.05) is 6.92 Å². The number of nitrogen functional groups attached to an aromatic ring is 1. The van der Waals surface area contributed by atoms with Gasteiger partial charge in [0.2, 0.25) is 5.82 Å². The molecule has 0 aliphatic heterocycles. The lowest BCUT2D eigenvalue weighted by molar-refractivity contribution is -0.383. The Morgan fingerprint density at radius 3 is 3.00 bits per heavy atom. The summed E-state index contributed by atoms with van der Waals surface area (Å²) in [5.41, 5.74) is 5.45. The molecule has 14 heavy (non-hydrogen) atoms. The standard InChI is InChI=1S/C8H12N4O2/c1-2-4-10-8-7(12(13)14)6(9)3-5-11-8/h3,5H,2,4H2,1H3,(H3,9,10,11). The maximum atomic E-state index is 10.7. The van der Waals surface area contributed by atoms with Crippen molar-refractivity contribution >= 4 is 17.2 Å². The summed E-state index contributed by atoms with van der Waals surface area (Å²) in [5, 5.41) is 13.5. The SMILES string of the molecule is CCCNc1nccc(N)c1[N+](=O)[O-]. The highest BCUT2D eigenvalue weighted by Crippen LogP contribution is 2.27. The van der Waals surface area contributed by atoms with Crippen molar-refractivity contribution in [3.05, 3.63) is 22.4 Å². The third-order valence-corrected chi connectivity index (χ3v) is 1.68. The molecule has 1 heterocycles. The van der Waals surface area contributed by atoms with Gasteiger partial charge in [0.15, 0.2) is 0 Å². The minimum absolute atomic E-state index is 0.128. The molecule has 0 fully saturated rings. The Morgan fingerprint density at radius 1 is 1.71 bits per heavy atom. The number of hydrogen-bond acceptors (Lipinski definition) is 5. The second-order valence-corrected chi connectivity index (χ2v) is 2.78. The second-order valence-electron chi connectivity index (χ2n) is 2.78. The number of rotatable bonds is 4. The van der Waals surface area contributed by atoms with Crippen LogP contribution in [0.3, 0.4) is 0 Å². The molecule has 1 aromatic rings. The highest BCUT2D eigenvalue weighted by molar-refractivity contribution is 5.70. The van der Waals surface area contributed by atoms with Gasteiger partial charge in [0, 0.05) is 12.7 Å². The number of anilines is 2. The fraction of sp³-hybridized carbons (Fsp3) is 0.375. The third kappa shape index (κ3) is 2.09. The van der Waals surface area contributed by atoms with Crippen LogP contribution in [0.25, 0.3) is 0 Å². The van der Waals surface area contributed by atoms with Gasteiger partial charge in [-0.2, -0.15) is 0 Å². The van der Waals surface area contributed by atoms with Gasteiger partial charge in [-0.25, -0.2) is 4.98 Å². The normalized spacial score (nSPS) is 9.79. The van der Waals surface area contributed by atoms with Crippen LogP contribution >= 0.6 is 0 Å². The highest BCUT2D eigenvalue weighted by Gasteiger charge is 2.18. The molecule has 0 saturated carbocycles. The summed E-state index contributed by atoms with van der Waals surface area (Å²) in [4.78, 5) is 14.0. The molecule has 0 saturated heterocycles. The van der Waals surface area contributed by atoms with Crippen molar-refractivity contribution in [2.24, 2.45) is 0 Å². The minimum Gasteiger partial charge on any atom is -0.393 e. The van der Waals surface area contributed by atoms with Gasteiger partial charge in [0.05, 0.1) is 4.92 Å². The number of nitrogens with one attached hydrogen (secondary N) is 1. The van der Waals surface area contributed by atoms with E-state index in [1.54, 1.807) is 0 Å². The monoisotopic (exact) mass is 196 g/mol. The molecular formula is C8H12N4O2. The minimum atomic E-state index is -0.527. The molecule has 0 unspecified atom stereocenters. The lowest BCUT2D eigenvalue weighted by Gasteiger charge is -2.05. The van der Waals surface area contributed by atoms with Gasteiger partial charge in [-0.1, -0.05) is 6.92 Å². The molecule has 3 N–H and O–H groups in total. The van der Waals surface area contributed by atoms with Crippen LogP contribution in [0.5, 0.6) is 0 Å². The van der Waals surface area contributed by atoms with Crippen LogP contribution in [-0.4, -0.2) is 16.5 Å². The van der Waals surface area contributed by atoms with E-state index >= 15 is 0 Å². The van der Waals surface area contributed by atoms with E-state index in [9.17, 15) is 10.1 Å². The fourth-order valence-corrected chi connectivity index (χ4v) is 1.03. The predicted octanol–water partition coefficient (Wildman–Crippen LogP) is 1.39. The molecule has 0 aliphatic rings. The van der Waals surface area contributed by atoms with Crippen molar-refractivity contribution in [3.63, 3.8) is 0 Å². The van der Waals surface area contributed by atoms with Crippen LogP contribution in [0.2, 0.25) is 0 Å². The lowest BCUT2D eigenvalue weighted by Crippen LogP contribution is -2.07. The third-order valence-electron chi connectivity index (χ3n) is 1.68. The number of nitro groups is 1. The van der Waals surface area contributed by atoms with Gasteiger partial charge in [-0.15, -0.1) is 0 Å². The van der Waals surface area contributed by atoms with Gasteiger partial charge in [-0.3, -0.25) is 10.1 Å². The Bertz CT molecular complexity index is 340. The summed E-state index contributed by atoms with van der Waals surface area (Å²) in [6, 6.07) is 1.41. The number of aromatic nitrogens is 1. The van der Waals surface area contributed by atoms with Crippen molar-refractivity contribution < 1.29 is 4.92 Å². The van der Waals surface area contributed by atoms with E-state index in [2.05, 4.69) is 10.3 Å². The van der Waals surface area contributed by atoms with Crippen LogP contribution in [0, 0.1) is 10.1 Å². The number of nitrogens with zero attached hydrogens (tertiary/aromatic N) is 2. The van der Waals surface area contributed by atoms with Gasteiger partial charge in [-0.05, 0) is 12.5 Å². The molecule has 0 spiro atoms. The van der Waals surface area contributed by atoms with E-state index in [-0.39, 0.29) is 17.2 Å². The van der Waals surface area contributed by atoms with Crippen LogP contribution in [0.4, 0.5) is 17.2 Å². The van der Waals surface area contributed by atoms with Gasteiger partial charge < -0.3 is 11.1 Å². The summed E-state index contributed by atoms with van der Waals surface area (Å²) in [5.74, 6) is 0.233. The predicted molar refractivity (Wildman–Crippen MR) is 54.1 cm³/mol. The molecule has 0 amide bonds. The maximum Gasteiger partial charge on any atom is 0.333 e. The second kappa shape index (κ2) is 4.40. The first-order valence-corrected chi connectivity index (χ1v) is 4.29. The molecule has 0 aromatic carbocycles. The smallest absolute Gasteiger partial charge is 0.333 e. The molecule has 1 aromatic heterocycles. The van der Waals surface area contributed by atoms with Crippen LogP contribution < -0.4 is 11.1 Å². The molecule has 1 rings (SSSR count). The Morgan fingerprint density at radius 2 is 2.43 bits per heavy atom. The molecule has 0 radical (unpaired) electrons. The van der Waals surface area contributed by atoms with E-state index in [0.717, 1.165) is 6.42 Å². The lowest BCUT2D eigenvalue weighted by atomic mass is 10.3. The molecular weight excluding hydrogens is 184 g/mol. The molecule has 6 nitrogen and oxygen atoms in total. The molecule has 76 valence electrons. The number of pyridine rings is 1. The first-order valence-electron chi connectivity index (χ1n) is 4.29. The van der Waals surface area contributed by atoms with E-state index < -0.39 is 4.92 Å². The van der Waals surface area contributed by atoms with Crippen molar-refractivity contribution in [1.29, 1.82) is 0 Å². The topological polar surface area (TPSA) is 94.1 Å². The quantitative estimate of drug-likeness (QED) is 0.560. The Balaban J connectivity index is 3.02. The summed E-state index contributed by atoms with van der Waals surface area (Å²) < 4.78 is 0. The first kappa shape index (κ1) is 10.2. The summed E-state index contributed by atoms with van der Waals surface area (Å²) >= 11 is 0. The van der Waals surface area contributed by atoms with E-state index in [0.29, 0.717) is 6.54 Å². The van der Waals surface area contributed by atoms with Crippen molar-refractivity contribution in [3.8, 4) is 0 Å². The Hall–Kier alpha value is -1.85. The van der Waals surface area contributed by atoms with Gasteiger partial charge in [0.1, 0.15) is 5.69 Å². The number of hydrogen-bond donors (Lipinski definition) is 2. The average molecular weight is 196 g/mol. The van der Waals surface area contributed by atoms with Crippen LogP contribution in [0.15, 0.2) is 12.3 Å². The molecule has 6 heteroatoms. The molecule has 0 aliphatic carbocycles. The summed E-state index contributed by atoms with van der Waals surface area (Å²) in [6.07, 6.45) is 2.31. The largest absolute Gasteiger partial charge is 0.393 e. The first-order chi connectivity index (χ1) is 6.66. The highest BCUT2D eigenvalue weighted by atomic mass is 16.6. The maximum absolute atomic E-state index is 10.7. The van der Waals surface area contributed by atoms with E-state index in [1.165, 1.54) is 12.3 Å². The number of nitrogens with two attached hydrogens (primary N) is 1. The van der Waals surface area contributed by atoms with Crippen LogP contribution in [0.1, 0.15) is 13.3 Å². The van der Waals surface area contributed by atoms with Crippen molar-refractivity contribution in [2.45, 2.75) is 13.3 Å². The summed E-state index contributed by atoms with van der Waals surface area (Å²) in [7, 11) is 0. The zero-order valence-electron chi connectivity index (χ0n) is 7.86.